The molecule has 1 aliphatic rings. The molecule has 0 unspecified atom stereocenters. The molecule has 1 aromatic carbocycles. The Morgan fingerprint density at radius 3 is 2.72 bits per heavy atom. The average Bonchev–Trinajstić information content (AvgIpc) is 3.23. The van der Waals surface area contributed by atoms with Crippen LogP contribution in [0.1, 0.15) is 29.3 Å². The molecule has 150 valence electrons. The van der Waals surface area contributed by atoms with Crippen LogP contribution in [0.4, 0.5) is 11.5 Å². The van der Waals surface area contributed by atoms with Gasteiger partial charge in [-0.25, -0.2) is 9.97 Å². The fourth-order valence-electron chi connectivity index (χ4n) is 3.71. The number of para-hydroxylation sites is 1. The lowest BCUT2D eigenvalue weighted by atomic mass is 9.97. The smallest absolute Gasteiger partial charge is 0.290 e. The van der Waals surface area contributed by atoms with Crippen molar-refractivity contribution in [2.24, 2.45) is 0 Å². The molecular weight excluding hydrogens is 388 g/mol. The van der Waals surface area contributed by atoms with Crippen LogP contribution in [0.3, 0.4) is 0 Å². The number of hydrogen-bond acceptors (Lipinski definition) is 7. The van der Waals surface area contributed by atoms with Gasteiger partial charge in [0.15, 0.2) is 0 Å². The van der Waals surface area contributed by atoms with E-state index in [-0.39, 0.29) is 10.6 Å². The van der Waals surface area contributed by atoms with Crippen molar-refractivity contribution in [3.63, 3.8) is 0 Å². The minimum absolute atomic E-state index is 0.0651. The summed E-state index contributed by atoms with van der Waals surface area (Å²) in [4.78, 5) is 22.0. The maximum absolute atomic E-state index is 11.0. The molecule has 3 aromatic rings. The Labute approximate surface area is 173 Å². The minimum atomic E-state index is -0.389. The summed E-state index contributed by atoms with van der Waals surface area (Å²) < 4.78 is 5.46. The minimum Gasteiger partial charge on any atom is -0.496 e. The molecule has 0 N–H and O–H groups in total. The normalized spacial score (nSPS) is 14.8. The highest BCUT2D eigenvalue weighted by Crippen LogP contribution is 2.36. The molecule has 0 saturated carbocycles. The Hall–Kier alpha value is -3.00. The van der Waals surface area contributed by atoms with E-state index in [1.807, 2.05) is 30.3 Å². The van der Waals surface area contributed by atoms with Gasteiger partial charge in [0.1, 0.15) is 17.8 Å². The van der Waals surface area contributed by atoms with E-state index in [1.165, 1.54) is 6.20 Å². The summed E-state index contributed by atoms with van der Waals surface area (Å²) in [6, 6.07) is 9.74. The lowest BCUT2D eigenvalue weighted by Crippen LogP contribution is -2.33. The van der Waals surface area contributed by atoms with E-state index in [0.29, 0.717) is 11.5 Å². The van der Waals surface area contributed by atoms with Crippen LogP contribution in [-0.4, -0.2) is 35.1 Å². The first-order valence-electron chi connectivity index (χ1n) is 9.51. The van der Waals surface area contributed by atoms with Crippen LogP contribution in [0.15, 0.2) is 41.9 Å². The maximum Gasteiger partial charge on any atom is 0.290 e. The second-order valence-corrected chi connectivity index (χ2v) is 8.01. The summed E-state index contributed by atoms with van der Waals surface area (Å²) in [6.45, 7) is 3.47. The fraction of sp³-hybridized carbons (Fsp3) is 0.333. The number of benzene rings is 1. The summed E-state index contributed by atoms with van der Waals surface area (Å²) in [5.74, 6) is 2.05. The topological polar surface area (TPSA) is 81.4 Å². The lowest BCUT2D eigenvalue weighted by molar-refractivity contribution is -0.385. The van der Waals surface area contributed by atoms with Crippen molar-refractivity contribution in [3.8, 4) is 17.0 Å². The Kier molecular flexibility index (Phi) is 5.44. The fourth-order valence-corrected chi connectivity index (χ4v) is 4.70. The standard InChI is InChI=1S/C21H22N4O3S/c1-14-11-20(22-12-18(14)25(26)27)24-9-7-15(8-10-24)21-23-17(13-29-21)16-5-3-4-6-19(16)28-2/h3-6,11-13,15H,7-10H2,1-2H3. The van der Waals surface area contributed by atoms with Gasteiger partial charge in [0.2, 0.25) is 0 Å². The Bertz CT molecular complexity index is 1030. The van der Waals surface area contributed by atoms with Crippen molar-refractivity contribution in [2.45, 2.75) is 25.7 Å². The number of rotatable bonds is 5. The molecule has 0 atom stereocenters. The van der Waals surface area contributed by atoms with Crippen molar-refractivity contribution in [2.75, 3.05) is 25.1 Å². The number of hydrogen-bond donors (Lipinski definition) is 0. The van der Waals surface area contributed by atoms with Gasteiger partial charge in [0, 0.05) is 35.5 Å². The molecule has 0 radical (unpaired) electrons. The molecule has 29 heavy (non-hydrogen) atoms. The lowest BCUT2D eigenvalue weighted by Gasteiger charge is -2.32. The third-order valence-corrected chi connectivity index (χ3v) is 6.35. The van der Waals surface area contributed by atoms with Crippen LogP contribution in [0, 0.1) is 17.0 Å². The van der Waals surface area contributed by atoms with Gasteiger partial charge in [-0.05, 0) is 38.0 Å². The van der Waals surface area contributed by atoms with E-state index < -0.39 is 0 Å². The van der Waals surface area contributed by atoms with Crippen LogP contribution < -0.4 is 9.64 Å². The van der Waals surface area contributed by atoms with E-state index in [9.17, 15) is 10.1 Å². The number of ether oxygens (including phenoxy) is 1. The number of piperidine rings is 1. The van der Waals surface area contributed by atoms with Gasteiger partial charge in [-0.2, -0.15) is 0 Å². The van der Waals surface area contributed by atoms with Crippen LogP contribution >= 0.6 is 11.3 Å². The summed E-state index contributed by atoms with van der Waals surface area (Å²) in [6.07, 6.45) is 3.32. The third kappa shape index (κ3) is 3.93. The zero-order chi connectivity index (χ0) is 20.4. The van der Waals surface area contributed by atoms with Gasteiger partial charge < -0.3 is 9.64 Å². The molecule has 3 heterocycles. The number of nitrogens with zero attached hydrogens (tertiary/aromatic N) is 4. The summed E-state index contributed by atoms with van der Waals surface area (Å²) in [5.41, 5.74) is 2.68. The number of anilines is 1. The molecule has 0 bridgehead atoms. The molecule has 1 aliphatic heterocycles. The zero-order valence-corrected chi connectivity index (χ0v) is 17.2. The molecule has 4 rings (SSSR count). The number of thiazole rings is 1. The number of aromatic nitrogens is 2. The van der Waals surface area contributed by atoms with Gasteiger partial charge in [-0.1, -0.05) is 12.1 Å². The molecule has 1 fully saturated rings. The zero-order valence-electron chi connectivity index (χ0n) is 16.4. The monoisotopic (exact) mass is 410 g/mol. The first-order chi connectivity index (χ1) is 14.1. The molecule has 7 nitrogen and oxygen atoms in total. The molecule has 2 aromatic heterocycles. The number of methoxy groups -OCH3 is 1. The largest absolute Gasteiger partial charge is 0.496 e. The van der Waals surface area contributed by atoms with E-state index in [0.717, 1.165) is 53.8 Å². The molecular formula is C21H22N4O3S. The van der Waals surface area contributed by atoms with Crippen LogP contribution in [0.2, 0.25) is 0 Å². The first kappa shape index (κ1) is 19.3. The highest BCUT2D eigenvalue weighted by molar-refractivity contribution is 7.10. The van der Waals surface area contributed by atoms with E-state index >= 15 is 0 Å². The van der Waals surface area contributed by atoms with Crippen molar-refractivity contribution < 1.29 is 9.66 Å². The molecule has 0 spiro atoms. The predicted molar refractivity (Wildman–Crippen MR) is 114 cm³/mol. The summed E-state index contributed by atoms with van der Waals surface area (Å²) in [7, 11) is 1.68. The highest BCUT2D eigenvalue weighted by atomic mass is 32.1. The Morgan fingerprint density at radius 1 is 1.28 bits per heavy atom. The van der Waals surface area contributed by atoms with Crippen molar-refractivity contribution >= 4 is 22.8 Å². The summed E-state index contributed by atoms with van der Waals surface area (Å²) >= 11 is 1.70. The number of pyridine rings is 1. The van der Waals surface area contributed by atoms with Crippen molar-refractivity contribution in [1.29, 1.82) is 0 Å². The van der Waals surface area contributed by atoms with Crippen LogP contribution in [0.25, 0.3) is 11.3 Å². The second kappa shape index (κ2) is 8.16. The maximum atomic E-state index is 11.0. The van der Waals surface area contributed by atoms with E-state index in [2.05, 4.69) is 15.3 Å². The van der Waals surface area contributed by atoms with Crippen LogP contribution in [-0.2, 0) is 0 Å². The molecule has 8 heteroatoms. The van der Waals surface area contributed by atoms with E-state index in [1.54, 1.807) is 25.4 Å². The van der Waals surface area contributed by atoms with Gasteiger partial charge in [0.05, 0.1) is 22.7 Å². The van der Waals surface area contributed by atoms with Gasteiger partial charge >= 0.3 is 0 Å². The molecule has 0 amide bonds. The van der Waals surface area contributed by atoms with Crippen LogP contribution in [0.5, 0.6) is 5.75 Å². The third-order valence-electron chi connectivity index (χ3n) is 5.34. The van der Waals surface area contributed by atoms with Gasteiger partial charge in [-0.3, -0.25) is 10.1 Å². The van der Waals surface area contributed by atoms with Crippen molar-refractivity contribution in [1.82, 2.24) is 9.97 Å². The second-order valence-electron chi connectivity index (χ2n) is 7.12. The number of nitro groups is 1. The van der Waals surface area contributed by atoms with Gasteiger partial charge in [0.25, 0.3) is 5.69 Å². The SMILES string of the molecule is COc1ccccc1-c1csc(C2CCN(c3cc(C)c([N+](=O)[O-])cn3)CC2)n1. The summed E-state index contributed by atoms with van der Waals surface area (Å²) in [5, 5.41) is 14.2. The Morgan fingerprint density at radius 2 is 2.03 bits per heavy atom. The predicted octanol–water partition coefficient (Wildman–Crippen LogP) is 4.81. The highest BCUT2D eigenvalue weighted by Gasteiger charge is 2.25. The number of aryl methyl sites for hydroxylation is 1. The Balaban J connectivity index is 1.45. The molecule has 1 saturated heterocycles. The average molecular weight is 410 g/mol. The molecule has 0 aliphatic carbocycles. The van der Waals surface area contributed by atoms with E-state index in [4.69, 9.17) is 9.72 Å². The quantitative estimate of drug-likeness (QED) is 0.443. The van der Waals surface area contributed by atoms with Crippen molar-refractivity contribution in [3.05, 3.63) is 62.6 Å². The first-order valence-corrected chi connectivity index (χ1v) is 10.4. The van der Waals surface area contributed by atoms with Gasteiger partial charge in [-0.15, -0.1) is 11.3 Å².